The highest BCUT2D eigenvalue weighted by atomic mass is 19.1. The van der Waals surface area contributed by atoms with Crippen molar-refractivity contribution in [2.75, 3.05) is 6.54 Å². The number of benzene rings is 1. The van der Waals surface area contributed by atoms with Gasteiger partial charge in [-0.3, -0.25) is 0 Å². The fraction of sp³-hybridized carbons (Fsp3) is 0.154. The first-order valence-electron chi connectivity index (χ1n) is 5.22. The van der Waals surface area contributed by atoms with Crippen molar-refractivity contribution in [2.45, 2.75) is 6.54 Å². The Morgan fingerprint density at radius 2 is 2.29 bits per heavy atom. The molecule has 0 aliphatic heterocycles. The molecule has 1 aromatic heterocycles. The Labute approximate surface area is 99.1 Å². The van der Waals surface area contributed by atoms with Gasteiger partial charge in [-0.05, 0) is 17.7 Å². The Hall–Kier alpha value is -2.12. The zero-order valence-corrected chi connectivity index (χ0v) is 9.23. The highest BCUT2D eigenvalue weighted by Gasteiger charge is 2.01. The summed E-state index contributed by atoms with van der Waals surface area (Å²) in [5.41, 5.74) is 6.63. The van der Waals surface area contributed by atoms with Gasteiger partial charge >= 0.3 is 0 Å². The van der Waals surface area contributed by atoms with Gasteiger partial charge in [-0.25, -0.2) is 9.37 Å². The zero-order chi connectivity index (χ0) is 12.1. The Balaban J connectivity index is 2.24. The first-order chi connectivity index (χ1) is 8.29. The lowest BCUT2D eigenvalue weighted by Crippen LogP contribution is -1.98. The van der Waals surface area contributed by atoms with Crippen LogP contribution in [0.2, 0.25) is 0 Å². The molecule has 0 spiro atoms. The minimum atomic E-state index is -0.319. The van der Waals surface area contributed by atoms with Gasteiger partial charge in [-0.2, -0.15) is 0 Å². The predicted octanol–water partition coefficient (Wildman–Crippen LogP) is 1.38. The van der Waals surface area contributed by atoms with Crippen LogP contribution in [0.4, 0.5) is 4.39 Å². The van der Waals surface area contributed by atoms with Crippen LogP contribution in [0, 0.1) is 17.7 Å². The van der Waals surface area contributed by atoms with Gasteiger partial charge in [0, 0.05) is 18.9 Å². The van der Waals surface area contributed by atoms with Crippen molar-refractivity contribution < 1.29 is 4.39 Å². The van der Waals surface area contributed by atoms with Gasteiger partial charge in [0.25, 0.3) is 0 Å². The molecule has 86 valence electrons. The summed E-state index contributed by atoms with van der Waals surface area (Å²) in [4.78, 5) is 3.95. The van der Waals surface area contributed by atoms with Crippen molar-refractivity contribution in [1.82, 2.24) is 9.55 Å². The van der Waals surface area contributed by atoms with E-state index >= 15 is 0 Å². The maximum absolute atomic E-state index is 13.4. The Kier molecular flexibility index (Phi) is 3.53. The molecular formula is C13H12FN3. The fourth-order valence-electron chi connectivity index (χ4n) is 1.50. The summed E-state index contributed by atoms with van der Waals surface area (Å²) in [6.45, 7) is 0.878. The number of hydrogen-bond acceptors (Lipinski definition) is 2. The summed E-state index contributed by atoms with van der Waals surface area (Å²) in [6.07, 6.45) is 5.28. The third kappa shape index (κ3) is 2.92. The first-order valence-corrected chi connectivity index (χ1v) is 5.22. The normalized spacial score (nSPS) is 9.76. The third-order valence-corrected chi connectivity index (χ3v) is 2.28. The van der Waals surface area contributed by atoms with Gasteiger partial charge < -0.3 is 10.3 Å². The first kappa shape index (κ1) is 11.4. The van der Waals surface area contributed by atoms with E-state index in [9.17, 15) is 4.39 Å². The topological polar surface area (TPSA) is 43.8 Å². The molecule has 0 aliphatic carbocycles. The molecule has 4 heteroatoms. The van der Waals surface area contributed by atoms with E-state index in [0.29, 0.717) is 12.1 Å². The van der Waals surface area contributed by atoms with Crippen molar-refractivity contribution in [3.05, 3.63) is 53.9 Å². The number of hydrogen-bond donors (Lipinski definition) is 1. The molecule has 0 unspecified atom stereocenters. The Morgan fingerprint density at radius 3 is 3.00 bits per heavy atom. The van der Waals surface area contributed by atoms with Crippen molar-refractivity contribution in [2.24, 2.45) is 5.73 Å². The van der Waals surface area contributed by atoms with Crippen LogP contribution in [0.3, 0.4) is 0 Å². The van der Waals surface area contributed by atoms with Crippen LogP contribution in [-0.4, -0.2) is 16.1 Å². The quantitative estimate of drug-likeness (QED) is 0.791. The minimum Gasteiger partial charge on any atom is -0.333 e. The molecule has 0 amide bonds. The second-order valence-corrected chi connectivity index (χ2v) is 3.56. The van der Waals surface area contributed by atoms with Gasteiger partial charge in [0.1, 0.15) is 5.82 Å². The van der Waals surface area contributed by atoms with Gasteiger partial charge in [0.2, 0.25) is 0 Å². The molecule has 0 saturated heterocycles. The molecule has 2 aromatic rings. The van der Waals surface area contributed by atoms with Crippen molar-refractivity contribution in [3.8, 4) is 11.8 Å². The molecule has 17 heavy (non-hydrogen) atoms. The van der Waals surface area contributed by atoms with Crippen LogP contribution in [0.5, 0.6) is 0 Å². The van der Waals surface area contributed by atoms with Gasteiger partial charge in [0.05, 0.1) is 18.4 Å². The molecule has 0 aliphatic rings. The molecule has 0 bridgehead atoms. The van der Waals surface area contributed by atoms with Crippen molar-refractivity contribution in [1.29, 1.82) is 0 Å². The molecule has 2 N–H and O–H groups in total. The summed E-state index contributed by atoms with van der Waals surface area (Å²) in [5.74, 6) is 5.05. The van der Waals surface area contributed by atoms with Crippen molar-refractivity contribution >= 4 is 0 Å². The number of aromatic nitrogens is 2. The molecule has 0 fully saturated rings. The fourth-order valence-corrected chi connectivity index (χ4v) is 1.50. The number of halogens is 1. The molecule has 0 atom stereocenters. The number of rotatable bonds is 2. The van der Waals surface area contributed by atoms with Crippen LogP contribution >= 0.6 is 0 Å². The molecular weight excluding hydrogens is 217 g/mol. The molecule has 0 saturated carbocycles. The lowest BCUT2D eigenvalue weighted by atomic mass is 10.1. The third-order valence-electron chi connectivity index (χ3n) is 2.28. The SMILES string of the molecule is NCC#Cc1cc(Cn2ccnc2)ccc1F. The molecule has 1 heterocycles. The second kappa shape index (κ2) is 5.28. The number of nitrogens with two attached hydrogens (primary N) is 1. The van der Waals surface area contributed by atoms with E-state index in [1.54, 1.807) is 24.7 Å². The monoisotopic (exact) mass is 229 g/mol. The number of imidazole rings is 1. The maximum atomic E-state index is 13.4. The summed E-state index contributed by atoms with van der Waals surface area (Å²) >= 11 is 0. The second-order valence-electron chi connectivity index (χ2n) is 3.56. The van der Waals surface area contributed by atoms with E-state index in [4.69, 9.17) is 5.73 Å². The van der Waals surface area contributed by atoms with E-state index in [-0.39, 0.29) is 12.4 Å². The van der Waals surface area contributed by atoms with Gasteiger partial charge in [-0.15, -0.1) is 0 Å². The standard InChI is InChI=1S/C13H12FN3/c14-13-4-3-11(8-12(13)2-1-5-15)9-17-7-6-16-10-17/h3-4,6-8,10H,5,9,15H2. The van der Waals surface area contributed by atoms with E-state index < -0.39 is 0 Å². The average Bonchev–Trinajstić information content (AvgIpc) is 2.82. The van der Waals surface area contributed by atoms with E-state index in [1.165, 1.54) is 6.07 Å². The maximum Gasteiger partial charge on any atom is 0.138 e. The average molecular weight is 229 g/mol. The summed E-state index contributed by atoms with van der Waals surface area (Å²) < 4.78 is 15.3. The van der Waals surface area contributed by atoms with Crippen LogP contribution in [0.1, 0.15) is 11.1 Å². The lowest BCUT2D eigenvalue weighted by Gasteiger charge is -2.03. The van der Waals surface area contributed by atoms with E-state index in [2.05, 4.69) is 16.8 Å². The molecule has 2 rings (SSSR count). The molecule has 1 aromatic carbocycles. The summed E-state index contributed by atoms with van der Waals surface area (Å²) in [5, 5.41) is 0. The summed E-state index contributed by atoms with van der Waals surface area (Å²) in [7, 11) is 0. The number of nitrogens with zero attached hydrogens (tertiary/aromatic N) is 2. The summed E-state index contributed by atoms with van der Waals surface area (Å²) in [6, 6.07) is 4.90. The Morgan fingerprint density at radius 1 is 1.41 bits per heavy atom. The minimum absolute atomic E-state index is 0.227. The lowest BCUT2D eigenvalue weighted by molar-refractivity contribution is 0.622. The van der Waals surface area contributed by atoms with E-state index in [0.717, 1.165) is 5.56 Å². The van der Waals surface area contributed by atoms with Crippen LogP contribution in [0.25, 0.3) is 0 Å². The van der Waals surface area contributed by atoms with Crippen LogP contribution in [-0.2, 0) is 6.54 Å². The zero-order valence-electron chi connectivity index (χ0n) is 9.23. The van der Waals surface area contributed by atoms with Crippen LogP contribution in [0.15, 0.2) is 36.9 Å². The largest absolute Gasteiger partial charge is 0.333 e. The smallest absolute Gasteiger partial charge is 0.138 e. The predicted molar refractivity (Wildman–Crippen MR) is 63.7 cm³/mol. The highest BCUT2D eigenvalue weighted by Crippen LogP contribution is 2.10. The molecule has 3 nitrogen and oxygen atoms in total. The highest BCUT2D eigenvalue weighted by molar-refractivity contribution is 5.38. The Bertz CT molecular complexity index is 550. The van der Waals surface area contributed by atoms with Crippen molar-refractivity contribution in [3.63, 3.8) is 0 Å². The molecule has 0 radical (unpaired) electrons. The van der Waals surface area contributed by atoms with Crippen LogP contribution < -0.4 is 5.73 Å². The van der Waals surface area contributed by atoms with Gasteiger partial charge in [0.15, 0.2) is 0 Å². The van der Waals surface area contributed by atoms with Gasteiger partial charge in [-0.1, -0.05) is 17.9 Å². The van der Waals surface area contributed by atoms with E-state index in [1.807, 2.05) is 10.8 Å².